The summed E-state index contributed by atoms with van der Waals surface area (Å²) in [4.78, 5) is 20.1. The highest BCUT2D eigenvalue weighted by atomic mass is 16.5. The molecule has 0 amide bonds. The third-order valence-corrected chi connectivity index (χ3v) is 6.14. The number of anilines is 2. The maximum Gasteiger partial charge on any atom is 0.223 e. The second kappa shape index (κ2) is 10.2. The van der Waals surface area contributed by atoms with Gasteiger partial charge in [0.15, 0.2) is 5.75 Å². The summed E-state index contributed by atoms with van der Waals surface area (Å²) in [7, 11) is 0. The monoisotopic (exact) mass is 450 g/mol. The van der Waals surface area contributed by atoms with Crippen molar-refractivity contribution in [2.45, 2.75) is 44.8 Å². The van der Waals surface area contributed by atoms with Crippen molar-refractivity contribution in [2.75, 3.05) is 43.1 Å². The Hall–Kier alpha value is -3.20. The third kappa shape index (κ3) is 5.24. The standard InChI is InChI=1S/C24H30N6O3/c1-2-32-20-15-27-24(28-16-20)29-17-3-5-19(6-4-17)33-22-14-18(30-9-11-31-12-10-30)13-21-23(22)26-8-7-25-21/h7-8,13-17,19H,2-6,9-12H2,1H3,(H,27,28,29). The maximum atomic E-state index is 6.51. The number of aromatic nitrogens is 4. The minimum atomic E-state index is 0.148. The summed E-state index contributed by atoms with van der Waals surface area (Å²) in [5.41, 5.74) is 2.79. The fourth-order valence-corrected chi connectivity index (χ4v) is 4.44. The smallest absolute Gasteiger partial charge is 0.223 e. The van der Waals surface area contributed by atoms with Crippen LogP contribution in [0.3, 0.4) is 0 Å². The highest BCUT2D eigenvalue weighted by Crippen LogP contribution is 2.33. The molecule has 174 valence electrons. The van der Waals surface area contributed by atoms with Crippen LogP contribution < -0.4 is 19.7 Å². The first-order valence-corrected chi connectivity index (χ1v) is 11.7. The van der Waals surface area contributed by atoms with Crippen molar-refractivity contribution in [1.29, 1.82) is 0 Å². The molecule has 1 aliphatic carbocycles. The molecule has 9 nitrogen and oxygen atoms in total. The van der Waals surface area contributed by atoms with E-state index in [0.29, 0.717) is 24.3 Å². The lowest BCUT2D eigenvalue weighted by atomic mass is 9.93. The number of hydrogen-bond donors (Lipinski definition) is 1. The molecule has 1 aliphatic heterocycles. The quantitative estimate of drug-likeness (QED) is 0.581. The van der Waals surface area contributed by atoms with Crippen LogP contribution in [0.25, 0.3) is 11.0 Å². The molecule has 1 N–H and O–H groups in total. The Kier molecular flexibility index (Phi) is 6.66. The van der Waals surface area contributed by atoms with Gasteiger partial charge in [-0.3, -0.25) is 4.98 Å². The molecule has 1 aromatic carbocycles. The van der Waals surface area contributed by atoms with E-state index in [9.17, 15) is 0 Å². The van der Waals surface area contributed by atoms with E-state index >= 15 is 0 Å². The van der Waals surface area contributed by atoms with Crippen LogP contribution in [0.5, 0.6) is 11.5 Å². The zero-order valence-corrected chi connectivity index (χ0v) is 18.9. The molecule has 0 spiro atoms. The summed E-state index contributed by atoms with van der Waals surface area (Å²) in [5, 5.41) is 3.44. The fraction of sp³-hybridized carbons (Fsp3) is 0.500. The lowest BCUT2D eigenvalue weighted by Crippen LogP contribution is -2.36. The van der Waals surface area contributed by atoms with E-state index in [1.807, 2.05) is 6.92 Å². The predicted molar refractivity (Wildman–Crippen MR) is 126 cm³/mol. The molecule has 3 aromatic rings. The van der Waals surface area contributed by atoms with Crippen molar-refractivity contribution in [3.05, 3.63) is 36.9 Å². The van der Waals surface area contributed by atoms with Gasteiger partial charge in [0.25, 0.3) is 0 Å². The molecule has 9 heteroatoms. The first-order chi connectivity index (χ1) is 16.3. The molecule has 0 atom stereocenters. The molecule has 5 rings (SSSR count). The molecule has 33 heavy (non-hydrogen) atoms. The van der Waals surface area contributed by atoms with E-state index in [1.165, 1.54) is 0 Å². The van der Waals surface area contributed by atoms with E-state index in [2.05, 4.69) is 42.3 Å². The fourth-order valence-electron chi connectivity index (χ4n) is 4.44. The van der Waals surface area contributed by atoms with Gasteiger partial charge in [-0.05, 0) is 38.7 Å². The van der Waals surface area contributed by atoms with E-state index in [-0.39, 0.29) is 6.10 Å². The van der Waals surface area contributed by atoms with Crippen molar-refractivity contribution in [1.82, 2.24) is 19.9 Å². The Balaban J connectivity index is 1.23. The number of morpholine rings is 1. The van der Waals surface area contributed by atoms with Gasteiger partial charge >= 0.3 is 0 Å². The van der Waals surface area contributed by atoms with Gasteiger partial charge in [-0.25, -0.2) is 15.0 Å². The topological polar surface area (TPSA) is 94.5 Å². The molecule has 0 unspecified atom stereocenters. The zero-order chi connectivity index (χ0) is 22.5. The summed E-state index contributed by atoms with van der Waals surface area (Å²) >= 11 is 0. The van der Waals surface area contributed by atoms with Crippen molar-refractivity contribution >= 4 is 22.7 Å². The van der Waals surface area contributed by atoms with Crippen molar-refractivity contribution in [3.8, 4) is 11.5 Å². The molecule has 1 saturated heterocycles. The molecule has 2 aromatic heterocycles. The number of rotatable bonds is 7. The van der Waals surface area contributed by atoms with Crippen molar-refractivity contribution < 1.29 is 14.2 Å². The minimum Gasteiger partial charge on any atom is -0.491 e. The lowest BCUT2D eigenvalue weighted by molar-refractivity contribution is 0.122. The maximum absolute atomic E-state index is 6.51. The summed E-state index contributed by atoms with van der Waals surface area (Å²) in [6.45, 7) is 5.77. The highest BCUT2D eigenvalue weighted by Gasteiger charge is 2.24. The average Bonchev–Trinajstić information content (AvgIpc) is 2.87. The Labute approximate surface area is 193 Å². The second-order valence-corrected chi connectivity index (χ2v) is 8.38. The van der Waals surface area contributed by atoms with Crippen LogP contribution in [0.15, 0.2) is 36.9 Å². The molecule has 2 aliphatic rings. The van der Waals surface area contributed by atoms with Crippen LogP contribution in [0.1, 0.15) is 32.6 Å². The van der Waals surface area contributed by atoms with Gasteiger partial charge < -0.3 is 24.4 Å². The molecule has 0 radical (unpaired) electrons. The van der Waals surface area contributed by atoms with E-state index in [0.717, 1.165) is 74.5 Å². The molecule has 0 bridgehead atoms. The number of nitrogens with zero attached hydrogens (tertiary/aromatic N) is 5. The Morgan fingerprint density at radius 2 is 1.76 bits per heavy atom. The van der Waals surface area contributed by atoms with Gasteiger partial charge in [-0.2, -0.15) is 0 Å². The normalized spacial score (nSPS) is 21.1. The second-order valence-electron chi connectivity index (χ2n) is 8.38. The molecular weight excluding hydrogens is 420 g/mol. The van der Waals surface area contributed by atoms with Gasteiger partial charge in [0.05, 0.1) is 43.8 Å². The van der Waals surface area contributed by atoms with E-state index in [1.54, 1.807) is 24.8 Å². The predicted octanol–water partition coefficient (Wildman–Crippen LogP) is 3.46. The summed E-state index contributed by atoms with van der Waals surface area (Å²) in [6, 6.07) is 4.54. The van der Waals surface area contributed by atoms with Gasteiger partial charge in [0.2, 0.25) is 5.95 Å². The number of ether oxygens (including phenoxy) is 3. The summed E-state index contributed by atoms with van der Waals surface area (Å²) in [6.07, 6.45) is 10.9. The van der Waals surface area contributed by atoms with Crippen LogP contribution >= 0.6 is 0 Å². The summed E-state index contributed by atoms with van der Waals surface area (Å²) < 4.78 is 17.4. The first-order valence-electron chi connectivity index (χ1n) is 11.7. The van der Waals surface area contributed by atoms with E-state index < -0.39 is 0 Å². The van der Waals surface area contributed by atoms with Gasteiger partial charge in [-0.15, -0.1) is 0 Å². The Morgan fingerprint density at radius 1 is 1.00 bits per heavy atom. The molecule has 3 heterocycles. The van der Waals surface area contributed by atoms with E-state index in [4.69, 9.17) is 14.2 Å². The van der Waals surface area contributed by atoms with Crippen molar-refractivity contribution in [3.63, 3.8) is 0 Å². The largest absolute Gasteiger partial charge is 0.491 e. The van der Waals surface area contributed by atoms with Crippen LogP contribution in [0.2, 0.25) is 0 Å². The zero-order valence-electron chi connectivity index (χ0n) is 18.9. The molecular formula is C24H30N6O3. The van der Waals surface area contributed by atoms with Gasteiger partial charge in [-0.1, -0.05) is 0 Å². The van der Waals surface area contributed by atoms with Crippen LogP contribution in [-0.4, -0.2) is 65.0 Å². The SMILES string of the molecule is CCOc1cnc(NC2CCC(Oc3cc(N4CCOCC4)cc4nccnc34)CC2)nc1. The molecule has 2 fully saturated rings. The highest BCUT2D eigenvalue weighted by molar-refractivity contribution is 5.85. The number of fused-ring (bicyclic) bond motifs is 1. The minimum absolute atomic E-state index is 0.148. The summed E-state index contributed by atoms with van der Waals surface area (Å²) in [5.74, 6) is 2.14. The number of nitrogens with one attached hydrogen (secondary N) is 1. The third-order valence-electron chi connectivity index (χ3n) is 6.14. The van der Waals surface area contributed by atoms with Gasteiger partial charge in [0, 0.05) is 43.3 Å². The van der Waals surface area contributed by atoms with Crippen molar-refractivity contribution in [2.24, 2.45) is 0 Å². The first kappa shape index (κ1) is 21.6. The number of hydrogen-bond acceptors (Lipinski definition) is 9. The Bertz CT molecular complexity index is 1050. The average molecular weight is 451 g/mol. The number of benzene rings is 1. The van der Waals surface area contributed by atoms with Crippen LogP contribution in [0.4, 0.5) is 11.6 Å². The van der Waals surface area contributed by atoms with Gasteiger partial charge in [0.1, 0.15) is 11.3 Å². The van der Waals surface area contributed by atoms with Crippen LogP contribution in [-0.2, 0) is 4.74 Å². The Morgan fingerprint density at radius 3 is 2.52 bits per heavy atom. The lowest BCUT2D eigenvalue weighted by Gasteiger charge is -2.31. The van der Waals surface area contributed by atoms with Crippen LogP contribution in [0, 0.1) is 0 Å². The molecule has 1 saturated carbocycles.